The molecule has 54 valence electrons. The summed E-state index contributed by atoms with van der Waals surface area (Å²) in [6.07, 6.45) is 2.69. The molecule has 0 spiro atoms. The van der Waals surface area contributed by atoms with E-state index in [0.29, 0.717) is 11.4 Å². The van der Waals surface area contributed by atoms with Gasteiger partial charge in [0.25, 0.3) is 0 Å². The Morgan fingerprint density at radius 3 is 2.82 bits per heavy atom. The second-order valence-electron chi connectivity index (χ2n) is 1.92. The standard InChI is InChI=1S/C6H7N4.Al/c1-8-6-5(2-7)3-9-4-10-6;/h2,4,7H,1H3,(H,8,9,10);. The number of hydrogen-bond acceptors (Lipinski definition) is 4. The molecule has 0 aromatic carbocycles. The van der Waals surface area contributed by atoms with Gasteiger partial charge in [0.05, 0.1) is 0 Å². The Morgan fingerprint density at radius 1 is 1.64 bits per heavy atom. The molecule has 0 unspecified atom stereocenters. The van der Waals surface area contributed by atoms with Gasteiger partial charge in [-0.2, -0.15) is 0 Å². The van der Waals surface area contributed by atoms with E-state index in [4.69, 9.17) is 5.41 Å². The highest BCUT2D eigenvalue weighted by atomic mass is 27.0. The first-order valence-electron chi connectivity index (χ1n) is 3.08. The molecule has 0 atom stereocenters. The van der Waals surface area contributed by atoms with Crippen molar-refractivity contribution in [2.24, 2.45) is 0 Å². The Labute approximate surface area is 73.0 Å². The van der Waals surface area contributed by atoms with E-state index >= 15 is 0 Å². The molecule has 11 heavy (non-hydrogen) atoms. The van der Waals surface area contributed by atoms with E-state index in [9.17, 15) is 0 Å². The van der Waals surface area contributed by atoms with Crippen LogP contribution in [-0.2, 0) is 0 Å². The molecule has 5 heteroatoms. The van der Waals surface area contributed by atoms with Crippen LogP contribution in [0, 0.1) is 5.41 Å². The third kappa shape index (κ3) is 1.56. The lowest BCUT2D eigenvalue weighted by molar-refractivity contribution is 1.18. The third-order valence-corrected chi connectivity index (χ3v) is 1.76. The summed E-state index contributed by atoms with van der Waals surface area (Å²) in [6.45, 7) is 0. The van der Waals surface area contributed by atoms with Crippen LogP contribution in [0.15, 0.2) is 6.33 Å². The first-order valence-corrected chi connectivity index (χ1v) is 3.66. The molecule has 2 radical (unpaired) electrons. The molecule has 0 saturated heterocycles. The van der Waals surface area contributed by atoms with Crippen molar-refractivity contribution in [2.45, 2.75) is 0 Å². The zero-order chi connectivity index (χ0) is 8.27. The summed E-state index contributed by atoms with van der Waals surface area (Å²) in [7, 11) is 1.76. The fourth-order valence-corrected chi connectivity index (χ4v) is 1.04. The van der Waals surface area contributed by atoms with E-state index in [0.717, 1.165) is 4.56 Å². The molecule has 4 nitrogen and oxygen atoms in total. The maximum Gasteiger partial charge on any atom is 0.211 e. The Bertz CT molecular complexity index is 273. The zero-order valence-corrected chi connectivity index (χ0v) is 7.28. The Morgan fingerprint density at radius 2 is 2.36 bits per heavy atom. The van der Waals surface area contributed by atoms with Gasteiger partial charge in [0, 0.05) is 18.8 Å². The molecule has 0 saturated carbocycles. The van der Waals surface area contributed by atoms with Crippen LogP contribution in [0.25, 0.3) is 0 Å². The second kappa shape index (κ2) is 3.47. The van der Waals surface area contributed by atoms with Crippen LogP contribution in [0.4, 0.5) is 5.82 Å². The van der Waals surface area contributed by atoms with E-state index in [-0.39, 0.29) is 0 Å². The molecule has 0 bridgehead atoms. The van der Waals surface area contributed by atoms with Gasteiger partial charge in [0.15, 0.2) is 0 Å². The molecule has 0 aliphatic rings. The molecular weight excluding hydrogens is 155 g/mol. The average molecular weight is 162 g/mol. The number of aromatic nitrogens is 2. The van der Waals surface area contributed by atoms with Crippen molar-refractivity contribution in [3.63, 3.8) is 0 Å². The SMILES string of the molecule is CNc1ncn[c]([Al])c1C=N. The molecule has 0 amide bonds. The first-order chi connectivity index (χ1) is 5.29. The summed E-state index contributed by atoms with van der Waals surface area (Å²) in [5, 5.41) is 9.94. The van der Waals surface area contributed by atoms with Crippen molar-refractivity contribution >= 4 is 32.9 Å². The lowest BCUT2D eigenvalue weighted by Crippen LogP contribution is -2.17. The van der Waals surface area contributed by atoms with E-state index in [1.165, 1.54) is 12.5 Å². The van der Waals surface area contributed by atoms with Gasteiger partial charge < -0.3 is 10.7 Å². The van der Waals surface area contributed by atoms with Gasteiger partial charge in [-0.25, -0.2) is 4.98 Å². The minimum atomic E-state index is 0.681. The van der Waals surface area contributed by atoms with E-state index in [2.05, 4.69) is 31.6 Å². The third-order valence-electron chi connectivity index (χ3n) is 1.30. The second-order valence-corrected chi connectivity index (χ2v) is 2.46. The quantitative estimate of drug-likeness (QED) is 0.447. The summed E-state index contributed by atoms with van der Waals surface area (Å²) < 4.78 is 0.736. The minimum Gasteiger partial charge on any atom is -0.373 e. The highest BCUT2D eigenvalue weighted by Crippen LogP contribution is 2.01. The van der Waals surface area contributed by atoms with E-state index < -0.39 is 0 Å². The van der Waals surface area contributed by atoms with Gasteiger partial charge in [0.1, 0.15) is 12.1 Å². The number of rotatable bonds is 2. The van der Waals surface area contributed by atoms with Crippen molar-refractivity contribution in [1.82, 2.24) is 9.97 Å². The fraction of sp³-hybridized carbons (Fsp3) is 0.167. The summed E-state index contributed by atoms with van der Waals surface area (Å²) in [5.41, 5.74) is 0.708. The van der Waals surface area contributed by atoms with Crippen LogP contribution in [-0.4, -0.2) is 39.5 Å². The molecule has 0 aliphatic heterocycles. The van der Waals surface area contributed by atoms with Gasteiger partial charge in [-0.15, -0.1) is 0 Å². The molecule has 2 N–H and O–H groups in total. The zero-order valence-electron chi connectivity index (χ0n) is 6.13. The smallest absolute Gasteiger partial charge is 0.211 e. The highest BCUT2D eigenvalue weighted by Gasteiger charge is 2.00. The first kappa shape index (κ1) is 8.18. The lowest BCUT2D eigenvalue weighted by Gasteiger charge is -2.04. The van der Waals surface area contributed by atoms with Crippen LogP contribution in [0.2, 0.25) is 0 Å². The molecule has 0 fully saturated rings. The summed E-state index contributed by atoms with van der Waals surface area (Å²) >= 11 is 2.45. The van der Waals surface area contributed by atoms with Crippen LogP contribution in [0.3, 0.4) is 0 Å². The number of nitrogens with zero attached hydrogens (tertiary/aromatic N) is 2. The highest BCUT2D eigenvalue weighted by molar-refractivity contribution is 6.34. The molecule has 1 aromatic rings. The van der Waals surface area contributed by atoms with Crippen molar-refractivity contribution in [3.8, 4) is 0 Å². The Kier molecular flexibility index (Phi) is 2.58. The summed E-state index contributed by atoms with van der Waals surface area (Å²) in [5.74, 6) is 0.681. The Balaban J connectivity index is 3.24. The number of nitrogens with one attached hydrogen (secondary N) is 2. The van der Waals surface area contributed by atoms with Crippen LogP contribution in [0.1, 0.15) is 5.56 Å². The summed E-state index contributed by atoms with van der Waals surface area (Å²) in [6, 6.07) is 0. The van der Waals surface area contributed by atoms with Crippen molar-refractivity contribution in [1.29, 1.82) is 5.41 Å². The normalized spacial score (nSPS) is 9.18. The van der Waals surface area contributed by atoms with Gasteiger partial charge in [-0.3, -0.25) is 4.98 Å². The predicted molar refractivity (Wildman–Crippen MR) is 44.9 cm³/mol. The maximum absolute atomic E-state index is 7.07. The minimum absolute atomic E-state index is 0.681. The van der Waals surface area contributed by atoms with Crippen molar-refractivity contribution in [2.75, 3.05) is 12.4 Å². The number of anilines is 1. The lowest BCUT2D eigenvalue weighted by atomic mass is 10.3. The van der Waals surface area contributed by atoms with Crippen LogP contribution < -0.4 is 9.87 Å². The van der Waals surface area contributed by atoms with E-state index in [1.807, 2.05) is 0 Å². The van der Waals surface area contributed by atoms with Gasteiger partial charge in [-0.1, -0.05) is 0 Å². The van der Waals surface area contributed by atoms with Gasteiger partial charge in [-0.05, 0) is 4.56 Å². The monoisotopic (exact) mass is 162 g/mol. The summed E-state index contributed by atoms with van der Waals surface area (Å²) in [4.78, 5) is 7.86. The topological polar surface area (TPSA) is 61.7 Å². The maximum atomic E-state index is 7.07. The molecule has 1 heterocycles. The fourth-order valence-electron chi connectivity index (χ4n) is 0.751. The van der Waals surface area contributed by atoms with Gasteiger partial charge >= 0.3 is 0 Å². The van der Waals surface area contributed by atoms with Crippen LogP contribution in [0.5, 0.6) is 0 Å². The largest absolute Gasteiger partial charge is 0.373 e. The predicted octanol–water partition coefficient (Wildman–Crippen LogP) is -0.690. The average Bonchev–Trinajstić information content (AvgIpc) is 2.04. The molecule has 0 aliphatic carbocycles. The molecule has 1 rings (SSSR count). The number of hydrogen-bond donors (Lipinski definition) is 2. The van der Waals surface area contributed by atoms with Gasteiger partial charge in [0.2, 0.25) is 16.3 Å². The van der Waals surface area contributed by atoms with E-state index in [1.54, 1.807) is 7.05 Å². The van der Waals surface area contributed by atoms with Crippen molar-refractivity contribution in [3.05, 3.63) is 11.9 Å². The van der Waals surface area contributed by atoms with Crippen LogP contribution >= 0.6 is 0 Å². The Hall–Kier alpha value is -0.918. The molecular formula is C6H7AlN4. The van der Waals surface area contributed by atoms with Crippen molar-refractivity contribution < 1.29 is 0 Å². The molecule has 1 aromatic heterocycles.